The van der Waals surface area contributed by atoms with Gasteiger partial charge in [0.05, 0.1) is 31.4 Å². The SMILES string of the molecule is N#Cc1ccc(NC(=O)CNCCN2CCOCC2)cc1. The van der Waals surface area contributed by atoms with Crippen LogP contribution in [0.3, 0.4) is 0 Å². The summed E-state index contributed by atoms with van der Waals surface area (Å²) < 4.78 is 5.28. The number of ether oxygens (including phenoxy) is 1. The molecule has 112 valence electrons. The van der Waals surface area contributed by atoms with E-state index in [4.69, 9.17) is 10.00 Å². The molecule has 1 aromatic rings. The Hall–Kier alpha value is -1.94. The van der Waals surface area contributed by atoms with Crippen LogP contribution in [0.1, 0.15) is 5.56 Å². The number of carbonyl (C=O) groups is 1. The number of morpholine rings is 1. The molecule has 21 heavy (non-hydrogen) atoms. The van der Waals surface area contributed by atoms with Crippen molar-refractivity contribution >= 4 is 11.6 Å². The molecule has 0 saturated carbocycles. The molecule has 1 heterocycles. The van der Waals surface area contributed by atoms with Crippen LogP contribution in [-0.4, -0.2) is 56.7 Å². The summed E-state index contributed by atoms with van der Waals surface area (Å²) in [6, 6.07) is 8.86. The average molecular weight is 288 g/mol. The highest BCUT2D eigenvalue weighted by Gasteiger charge is 2.09. The van der Waals surface area contributed by atoms with Crippen LogP contribution in [0, 0.1) is 11.3 Å². The van der Waals surface area contributed by atoms with Crippen LogP contribution in [0.2, 0.25) is 0 Å². The molecule has 1 aliphatic rings. The van der Waals surface area contributed by atoms with Crippen molar-refractivity contribution in [3.05, 3.63) is 29.8 Å². The predicted octanol–water partition coefficient (Wildman–Crippen LogP) is 0.419. The molecule has 0 aromatic heterocycles. The van der Waals surface area contributed by atoms with Crippen molar-refractivity contribution in [2.24, 2.45) is 0 Å². The van der Waals surface area contributed by atoms with Gasteiger partial charge in [0.2, 0.25) is 5.91 Å². The number of anilines is 1. The minimum absolute atomic E-state index is 0.0818. The fraction of sp³-hybridized carbons (Fsp3) is 0.467. The van der Waals surface area contributed by atoms with Gasteiger partial charge in [-0.1, -0.05) is 0 Å². The minimum atomic E-state index is -0.0818. The first kappa shape index (κ1) is 15.4. The van der Waals surface area contributed by atoms with Gasteiger partial charge in [-0.15, -0.1) is 0 Å². The Balaban J connectivity index is 1.61. The van der Waals surface area contributed by atoms with Crippen LogP contribution in [0.5, 0.6) is 0 Å². The highest BCUT2D eigenvalue weighted by Crippen LogP contribution is 2.08. The number of nitrogens with zero attached hydrogens (tertiary/aromatic N) is 2. The summed E-state index contributed by atoms with van der Waals surface area (Å²) in [7, 11) is 0. The number of hydrogen-bond acceptors (Lipinski definition) is 5. The van der Waals surface area contributed by atoms with E-state index in [0.29, 0.717) is 11.3 Å². The molecule has 2 N–H and O–H groups in total. The largest absolute Gasteiger partial charge is 0.379 e. The molecule has 0 radical (unpaired) electrons. The number of carbonyl (C=O) groups excluding carboxylic acids is 1. The Morgan fingerprint density at radius 2 is 2.00 bits per heavy atom. The summed E-state index contributed by atoms with van der Waals surface area (Å²) in [5.41, 5.74) is 1.28. The molecule has 0 aliphatic carbocycles. The lowest BCUT2D eigenvalue weighted by molar-refractivity contribution is -0.115. The van der Waals surface area contributed by atoms with Crippen molar-refractivity contribution < 1.29 is 9.53 Å². The van der Waals surface area contributed by atoms with Crippen molar-refractivity contribution in [1.29, 1.82) is 5.26 Å². The Kier molecular flexibility index (Phi) is 6.16. The monoisotopic (exact) mass is 288 g/mol. The molecular formula is C15H20N4O2. The zero-order chi connectivity index (χ0) is 14.9. The summed E-state index contributed by atoms with van der Waals surface area (Å²) >= 11 is 0. The predicted molar refractivity (Wildman–Crippen MR) is 79.9 cm³/mol. The second kappa shape index (κ2) is 8.37. The van der Waals surface area contributed by atoms with Crippen LogP contribution in [0.25, 0.3) is 0 Å². The molecule has 1 saturated heterocycles. The fourth-order valence-corrected chi connectivity index (χ4v) is 2.10. The van der Waals surface area contributed by atoms with Crippen molar-refractivity contribution in [2.75, 3.05) is 51.3 Å². The van der Waals surface area contributed by atoms with Crippen molar-refractivity contribution in [1.82, 2.24) is 10.2 Å². The molecule has 1 aliphatic heterocycles. The molecule has 1 aromatic carbocycles. The van der Waals surface area contributed by atoms with Crippen molar-refractivity contribution in [3.8, 4) is 6.07 Å². The van der Waals surface area contributed by atoms with Gasteiger partial charge < -0.3 is 15.4 Å². The van der Waals surface area contributed by atoms with E-state index >= 15 is 0 Å². The maximum atomic E-state index is 11.7. The molecule has 1 amide bonds. The lowest BCUT2D eigenvalue weighted by atomic mass is 10.2. The molecule has 6 nitrogen and oxygen atoms in total. The average Bonchev–Trinajstić information content (AvgIpc) is 2.53. The Morgan fingerprint density at radius 3 is 2.67 bits per heavy atom. The van der Waals surface area contributed by atoms with Crippen molar-refractivity contribution in [3.63, 3.8) is 0 Å². The van der Waals surface area contributed by atoms with Gasteiger partial charge in [0.1, 0.15) is 0 Å². The molecule has 0 bridgehead atoms. The number of amides is 1. The Morgan fingerprint density at radius 1 is 1.29 bits per heavy atom. The zero-order valence-corrected chi connectivity index (χ0v) is 12.0. The van der Waals surface area contributed by atoms with E-state index in [1.165, 1.54) is 0 Å². The summed E-state index contributed by atoms with van der Waals surface area (Å²) in [6.45, 7) is 5.48. The van der Waals surface area contributed by atoms with Gasteiger partial charge in [-0.05, 0) is 24.3 Å². The summed E-state index contributed by atoms with van der Waals surface area (Å²) in [5, 5.41) is 14.6. The lowest BCUT2D eigenvalue weighted by Crippen LogP contribution is -2.41. The van der Waals surface area contributed by atoms with E-state index in [0.717, 1.165) is 39.4 Å². The number of rotatable bonds is 6. The number of nitriles is 1. The molecule has 1 fully saturated rings. The van der Waals surface area contributed by atoms with E-state index in [9.17, 15) is 4.79 Å². The first-order chi connectivity index (χ1) is 10.3. The van der Waals surface area contributed by atoms with E-state index in [1.807, 2.05) is 6.07 Å². The van der Waals surface area contributed by atoms with Crippen LogP contribution in [0.4, 0.5) is 5.69 Å². The van der Waals surface area contributed by atoms with E-state index in [1.54, 1.807) is 24.3 Å². The Bertz CT molecular complexity index is 489. The fourth-order valence-electron chi connectivity index (χ4n) is 2.10. The first-order valence-corrected chi connectivity index (χ1v) is 7.09. The highest BCUT2D eigenvalue weighted by molar-refractivity contribution is 5.92. The van der Waals surface area contributed by atoms with Gasteiger partial charge in [-0.25, -0.2) is 0 Å². The third-order valence-corrected chi connectivity index (χ3v) is 3.29. The van der Waals surface area contributed by atoms with Crippen LogP contribution in [-0.2, 0) is 9.53 Å². The molecule has 6 heteroatoms. The smallest absolute Gasteiger partial charge is 0.238 e. The van der Waals surface area contributed by atoms with Gasteiger partial charge in [0.15, 0.2) is 0 Å². The van der Waals surface area contributed by atoms with Crippen LogP contribution < -0.4 is 10.6 Å². The number of benzene rings is 1. The summed E-state index contributed by atoms with van der Waals surface area (Å²) in [4.78, 5) is 14.1. The van der Waals surface area contributed by atoms with Crippen molar-refractivity contribution in [2.45, 2.75) is 0 Å². The van der Waals surface area contributed by atoms with Gasteiger partial charge >= 0.3 is 0 Å². The van der Waals surface area contributed by atoms with Gasteiger partial charge in [0.25, 0.3) is 0 Å². The maximum Gasteiger partial charge on any atom is 0.238 e. The summed E-state index contributed by atoms with van der Waals surface area (Å²) in [6.07, 6.45) is 0. The van der Waals surface area contributed by atoms with Gasteiger partial charge in [-0.3, -0.25) is 9.69 Å². The van der Waals surface area contributed by atoms with E-state index in [2.05, 4.69) is 15.5 Å². The van der Waals surface area contributed by atoms with Crippen LogP contribution in [0.15, 0.2) is 24.3 Å². The van der Waals surface area contributed by atoms with Gasteiger partial charge in [0, 0.05) is 31.9 Å². The number of hydrogen-bond donors (Lipinski definition) is 2. The molecule has 0 atom stereocenters. The quantitative estimate of drug-likeness (QED) is 0.742. The van der Waals surface area contributed by atoms with Crippen LogP contribution >= 0.6 is 0 Å². The first-order valence-electron chi connectivity index (χ1n) is 7.09. The zero-order valence-electron chi connectivity index (χ0n) is 12.0. The van der Waals surface area contributed by atoms with E-state index < -0.39 is 0 Å². The summed E-state index contributed by atoms with van der Waals surface area (Å²) in [5.74, 6) is -0.0818. The highest BCUT2D eigenvalue weighted by atomic mass is 16.5. The second-order valence-electron chi connectivity index (χ2n) is 4.87. The normalized spacial score (nSPS) is 15.4. The second-order valence-corrected chi connectivity index (χ2v) is 4.87. The van der Waals surface area contributed by atoms with Gasteiger partial charge in [-0.2, -0.15) is 5.26 Å². The molecular weight excluding hydrogens is 268 g/mol. The maximum absolute atomic E-state index is 11.7. The standard InChI is InChI=1S/C15H20N4O2/c16-11-13-1-3-14(4-2-13)18-15(20)12-17-5-6-19-7-9-21-10-8-19/h1-4,17H,5-10,12H2,(H,18,20). The Labute approximate surface area is 124 Å². The third kappa shape index (κ3) is 5.52. The van der Waals surface area contributed by atoms with E-state index in [-0.39, 0.29) is 12.5 Å². The minimum Gasteiger partial charge on any atom is -0.379 e. The topological polar surface area (TPSA) is 77.4 Å². The number of nitrogens with one attached hydrogen (secondary N) is 2. The molecule has 0 unspecified atom stereocenters. The molecule has 2 rings (SSSR count). The lowest BCUT2D eigenvalue weighted by Gasteiger charge is -2.26. The molecule has 0 spiro atoms. The third-order valence-electron chi connectivity index (χ3n) is 3.29.